The number of hydrogen-bond acceptors (Lipinski definition) is 5. The number of aliphatic hydroxyl groups is 1. The summed E-state index contributed by atoms with van der Waals surface area (Å²) in [5.74, 6) is 0.331. The molecule has 3 rings (SSSR count). The standard InChI is InChI=1S/C16H10Cl2N2O4/c17-13-5-4-10(7-14(13)18)16-12(8-21)15(19-24-16)9-2-1-3-11(6-9)20(22)23/h1-7,21H,8H2. The molecule has 1 N–H and O–H groups in total. The Balaban J connectivity index is 2.11. The fourth-order valence-electron chi connectivity index (χ4n) is 2.31. The lowest BCUT2D eigenvalue weighted by molar-refractivity contribution is -0.384. The lowest BCUT2D eigenvalue weighted by Gasteiger charge is -2.03. The van der Waals surface area contributed by atoms with Crippen LogP contribution < -0.4 is 0 Å². The van der Waals surface area contributed by atoms with E-state index < -0.39 is 4.92 Å². The zero-order chi connectivity index (χ0) is 17.3. The minimum absolute atomic E-state index is 0.0736. The Kier molecular flexibility index (Phi) is 4.53. The SMILES string of the molecule is O=[N+]([O-])c1cccc(-c2noc(-c3ccc(Cl)c(Cl)c3)c2CO)c1. The Morgan fingerprint density at radius 2 is 1.92 bits per heavy atom. The van der Waals surface area contributed by atoms with E-state index in [0.29, 0.717) is 38.2 Å². The van der Waals surface area contributed by atoms with Crippen LogP contribution in [-0.2, 0) is 6.61 Å². The second-order valence-corrected chi connectivity index (χ2v) is 5.75. The summed E-state index contributed by atoms with van der Waals surface area (Å²) in [6, 6.07) is 10.8. The van der Waals surface area contributed by atoms with E-state index in [-0.39, 0.29) is 12.3 Å². The molecular weight excluding hydrogens is 355 g/mol. The molecule has 0 amide bonds. The molecule has 122 valence electrons. The maximum Gasteiger partial charge on any atom is 0.270 e. The topological polar surface area (TPSA) is 89.4 Å². The minimum Gasteiger partial charge on any atom is -0.391 e. The van der Waals surface area contributed by atoms with Gasteiger partial charge in [-0.05, 0) is 18.2 Å². The number of halogens is 2. The van der Waals surface area contributed by atoms with Crippen LogP contribution in [-0.4, -0.2) is 15.2 Å². The normalized spacial score (nSPS) is 10.8. The Bertz CT molecular complexity index is 924. The Morgan fingerprint density at radius 1 is 1.12 bits per heavy atom. The van der Waals surface area contributed by atoms with E-state index in [9.17, 15) is 15.2 Å². The minimum atomic E-state index is -0.498. The van der Waals surface area contributed by atoms with Crippen molar-refractivity contribution in [2.45, 2.75) is 6.61 Å². The summed E-state index contributed by atoms with van der Waals surface area (Å²) in [6.45, 7) is -0.350. The molecular formula is C16H10Cl2N2O4. The largest absolute Gasteiger partial charge is 0.391 e. The summed E-state index contributed by atoms with van der Waals surface area (Å²) in [5, 5.41) is 25.3. The van der Waals surface area contributed by atoms with Crippen LogP contribution in [0.25, 0.3) is 22.6 Å². The number of nitro benzene ring substituents is 1. The van der Waals surface area contributed by atoms with Crippen molar-refractivity contribution in [1.29, 1.82) is 0 Å². The quantitative estimate of drug-likeness (QED) is 0.534. The summed E-state index contributed by atoms with van der Waals surface area (Å²) in [7, 11) is 0. The van der Waals surface area contributed by atoms with Gasteiger partial charge in [-0.25, -0.2) is 0 Å². The van der Waals surface area contributed by atoms with Crippen LogP contribution in [0, 0.1) is 10.1 Å². The molecule has 1 aromatic heterocycles. The second kappa shape index (κ2) is 6.60. The van der Waals surface area contributed by atoms with Crippen LogP contribution in [0.4, 0.5) is 5.69 Å². The maximum absolute atomic E-state index is 10.9. The van der Waals surface area contributed by atoms with Gasteiger partial charge in [-0.3, -0.25) is 10.1 Å². The third-order valence-electron chi connectivity index (χ3n) is 3.46. The predicted octanol–water partition coefficient (Wildman–Crippen LogP) is 4.72. The van der Waals surface area contributed by atoms with Crippen molar-refractivity contribution in [1.82, 2.24) is 5.16 Å². The average Bonchev–Trinajstić information content (AvgIpc) is 3.01. The van der Waals surface area contributed by atoms with Crippen LogP contribution in [0.15, 0.2) is 47.0 Å². The highest BCUT2D eigenvalue weighted by molar-refractivity contribution is 6.42. The molecule has 0 atom stereocenters. The summed E-state index contributed by atoms with van der Waals surface area (Å²) >= 11 is 11.9. The van der Waals surface area contributed by atoms with Crippen molar-refractivity contribution in [3.63, 3.8) is 0 Å². The molecule has 0 spiro atoms. The van der Waals surface area contributed by atoms with E-state index in [1.54, 1.807) is 30.3 Å². The van der Waals surface area contributed by atoms with E-state index >= 15 is 0 Å². The van der Waals surface area contributed by atoms with Crippen LogP contribution in [0.2, 0.25) is 10.0 Å². The molecule has 0 bridgehead atoms. The number of rotatable bonds is 4. The van der Waals surface area contributed by atoms with Crippen LogP contribution in [0.1, 0.15) is 5.56 Å². The number of benzene rings is 2. The Hall–Kier alpha value is -2.41. The molecule has 0 saturated carbocycles. The lowest BCUT2D eigenvalue weighted by Crippen LogP contribution is -1.91. The molecule has 0 unspecified atom stereocenters. The van der Waals surface area contributed by atoms with E-state index in [0.717, 1.165) is 0 Å². The number of nitro groups is 1. The van der Waals surface area contributed by atoms with E-state index in [1.807, 2.05) is 0 Å². The predicted molar refractivity (Wildman–Crippen MR) is 90.0 cm³/mol. The lowest BCUT2D eigenvalue weighted by atomic mass is 10.0. The summed E-state index contributed by atoms with van der Waals surface area (Å²) < 4.78 is 5.34. The van der Waals surface area contributed by atoms with Gasteiger partial charge >= 0.3 is 0 Å². The van der Waals surface area contributed by atoms with Crippen LogP contribution >= 0.6 is 23.2 Å². The number of aromatic nitrogens is 1. The molecule has 24 heavy (non-hydrogen) atoms. The Labute approximate surface area is 146 Å². The fourth-order valence-corrected chi connectivity index (χ4v) is 2.61. The highest BCUT2D eigenvalue weighted by Crippen LogP contribution is 2.35. The molecule has 2 aromatic carbocycles. The van der Waals surface area contributed by atoms with E-state index in [4.69, 9.17) is 27.7 Å². The first kappa shape index (κ1) is 16.4. The van der Waals surface area contributed by atoms with Gasteiger partial charge in [0.25, 0.3) is 5.69 Å². The van der Waals surface area contributed by atoms with Gasteiger partial charge in [0.15, 0.2) is 5.76 Å². The van der Waals surface area contributed by atoms with Crippen molar-refractivity contribution < 1.29 is 14.6 Å². The number of non-ortho nitro benzene ring substituents is 1. The highest BCUT2D eigenvalue weighted by Gasteiger charge is 2.20. The van der Waals surface area contributed by atoms with Gasteiger partial charge in [-0.15, -0.1) is 0 Å². The summed E-state index contributed by atoms with van der Waals surface area (Å²) in [5.41, 5.74) is 1.74. The number of nitrogens with zero attached hydrogens (tertiary/aromatic N) is 2. The third kappa shape index (κ3) is 2.99. The zero-order valence-electron chi connectivity index (χ0n) is 12.1. The number of aliphatic hydroxyl groups excluding tert-OH is 1. The van der Waals surface area contributed by atoms with Crippen molar-refractivity contribution in [3.05, 3.63) is 68.2 Å². The van der Waals surface area contributed by atoms with Gasteiger partial charge in [0.05, 0.1) is 27.1 Å². The molecule has 0 saturated heterocycles. The smallest absolute Gasteiger partial charge is 0.270 e. The Morgan fingerprint density at radius 3 is 2.58 bits per heavy atom. The molecule has 1 heterocycles. The van der Waals surface area contributed by atoms with Crippen LogP contribution in [0.5, 0.6) is 0 Å². The van der Waals surface area contributed by atoms with Crippen molar-refractivity contribution >= 4 is 28.9 Å². The van der Waals surface area contributed by atoms with Crippen molar-refractivity contribution in [2.24, 2.45) is 0 Å². The first-order valence-corrected chi connectivity index (χ1v) is 7.56. The third-order valence-corrected chi connectivity index (χ3v) is 4.20. The molecule has 3 aromatic rings. The van der Waals surface area contributed by atoms with E-state index in [1.165, 1.54) is 12.1 Å². The first-order chi connectivity index (χ1) is 11.5. The molecule has 8 heteroatoms. The van der Waals surface area contributed by atoms with Gasteiger partial charge in [0.2, 0.25) is 0 Å². The van der Waals surface area contributed by atoms with Gasteiger partial charge < -0.3 is 9.63 Å². The first-order valence-electron chi connectivity index (χ1n) is 6.81. The second-order valence-electron chi connectivity index (χ2n) is 4.93. The van der Waals surface area contributed by atoms with Crippen molar-refractivity contribution in [2.75, 3.05) is 0 Å². The van der Waals surface area contributed by atoms with Gasteiger partial charge in [-0.1, -0.05) is 40.5 Å². The molecule has 0 aliphatic rings. The fraction of sp³-hybridized carbons (Fsp3) is 0.0625. The number of hydrogen-bond donors (Lipinski definition) is 1. The molecule has 0 aliphatic heterocycles. The monoisotopic (exact) mass is 364 g/mol. The molecule has 0 fully saturated rings. The average molecular weight is 365 g/mol. The summed E-state index contributed by atoms with van der Waals surface area (Å²) in [4.78, 5) is 10.4. The molecule has 6 nitrogen and oxygen atoms in total. The maximum atomic E-state index is 10.9. The zero-order valence-corrected chi connectivity index (χ0v) is 13.6. The van der Waals surface area contributed by atoms with Gasteiger partial charge in [0, 0.05) is 23.3 Å². The summed E-state index contributed by atoms with van der Waals surface area (Å²) in [6.07, 6.45) is 0. The molecule has 0 radical (unpaired) electrons. The van der Waals surface area contributed by atoms with Crippen LogP contribution in [0.3, 0.4) is 0 Å². The van der Waals surface area contributed by atoms with Gasteiger partial charge in [0.1, 0.15) is 5.69 Å². The van der Waals surface area contributed by atoms with Crippen molar-refractivity contribution in [3.8, 4) is 22.6 Å². The van der Waals surface area contributed by atoms with Gasteiger partial charge in [-0.2, -0.15) is 0 Å². The van der Waals surface area contributed by atoms with E-state index in [2.05, 4.69) is 5.16 Å². The molecule has 0 aliphatic carbocycles. The highest BCUT2D eigenvalue weighted by atomic mass is 35.5.